The number of aromatic carboxylic acids is 1. The summed E-state index contributed by atoms with van der Waals surface area (Å²) < 4.78 is 0. The summed E-state index contributed by atoms with van der Waals surface area (Å²) in [5, 5.41) is 9.02. The lowest BCUT2D eigenvalue weighted by Crippen LogP contribution is -2.01. The Kier molecular flexibility index (Phi) is 2.28. The molecule has 2 aromatic rings. The van der Waals surface area contributed by atoms with Crippen LogP contribution in [0.5, 0.6) is 0 Å². The van der Waals surface area contributed by atoms with Gasteiger partial charge in [0.1, 0.15) is 17.7 Å². The van der Waals surface area contributed by atoms with Gasteiger partial charge in [-0.3, -0.25) is 0 Å². The molecule has 88 valence electrons. The third-order valence-corrected chi connectivity index (χ3v) is 3.25. The number of rotatable bonds is 2. The van der Waals surface area contributed by atoms with Crippen LogP contribution in [-0.4, -0.2) is 31.0 Å². The molecule has 1 fully saturated rings. The van der Waals surface area contributed by atoms with Gasteiger partial charge in [-0.05, 0) is 12.8 Å². The summed E-state index contributed by atoms with van der Waals surface area (Å²) in [5.74, 6) is 0.199. The molecule has 0 spiro atoms. The van der Waals surface area contributed by atoms with E-state index in [4.69, 9.17) is 5.11 Å². The molecule has 0 saturated heterocycles. The molecular formula is C11H12N4O2. The lowest BCUT2D eigenvalue weighted by molar-refractivity contribution is 0.0692. The van der Waals surface area contributed by atoms with Crippen molar-refractivity contribution in [1.82, 2.24) is 19.9 Å². The van der Waals surface area contributed by atoms with E-state index in [2.05, 4.69) is 19.9 Å². The summed E-state index contributed by atoms with van der Waals surface area (Å²) in [7, 11) is 0. The van der Waals surface area contributed by atoms with Gasteiger partial charge in [-0.1, -0.05) is 12.8 Å². The smallest absolute Gasteiger partial charge is 0.356 e. The number of H-pyrrole nitrogens is 1. The molecule has 2 aromatic heterocycles. The fourth-order valence-electron chi connectivity index (χ4n) is 2.40. The Morgan fingerprint density at radius 3 is 2.82 bits per heavy atom. The minimum Gasteiger partial charge on any atom is -0.476 e. The molecule has 0 radical (unpaired) electrons. The first-order valence-electron chi connectivity index (χ1n) is 5.69. The maximum atomic E-state index is 11.0. The second-order valence-corrected chi connectivity index (χ2v) is 4.33. The molecule has 2 N–H and O–H groups in total. The van der Waals surface area contributed by atoms with E-state index in [1.807, 2.05) is 0 Å². The number of carboxylic acid groups (broad SMARTS) is 1. The topological polar surface area (TPSA) is 91.8 Å². The van der Waals surface area contributed by atoms with Gasteiger partial charge in [-0.25, -0.2) is 19.7 Å². The zero-order chi connectivity index (χ0) is 11.8. The van der Waals surface area contributed by atoms with E-state index in [-0.39, 0.29) is 5.69 Å². The summed E-state index contributed by atoms with van der Waals surface area (Å²) >= 11 is 0. The van der Waals surface area contributed by atoms with Crippen LogP contribution in [0.1, 0.15) is 47.9 Å². The number of nitrogens with zero attached hydrogens (tertiary/aromatic N) is 3. The van der Waals surface area contributed by atoms with Gasteiger partial charge in [0.05, 0.1) is 0 Å². The van der Waals surface area contributed by atoms with E-state index in [1.54, 1.807) is 0 Å². The summed E-state index contributed by atoms with van der Waals surface area (Å²) in [6.45, 7) is 0. The molecule has 0 amide bonds. The van der Waals surface area contributed by atoms with Crippen molar-refractivity contribution in [3.8, 4) is 0 Å². The van der Waals surface area contributed by atoms with Crippen molar-refractivity contribution in [1.29, 1.82) is 0 Å². The fourth-order valence-corrected chi connectivity index (χ4v) is 2.40. The van der Waals surface area contributed by atoms with Crippen molar-refractivity contribution in [2.45, 2.75) is 31.6 Å². The molecule has 3 rings (SSSR count). The highest BCUT2D eigenvalue weighted by molar-refractivity contribution is 5.97. The first kappa shape index (κ1) is 10.2. The van der Waals surface area contributed by atoms with Crippen molar-refractivity contribution in [3.05, 3.63) is 17.8 Å². The van der Waals surface area contributed by atoms with Crippen LogP contribution >= 0.6 is 0 Å². The predicted octanol–water partition coefficient (Wildman–Crippen LogP) is 1.71. The van der Waals surface area contributed by atoms with Crippen LogP contribution in [0.15, 0.2) is 6.33 Å². The van der Waals surface area contributed by atoms with Crippen LogP contribution in [0.25, 0.3) is 11.2 Å². The second kappa shape index (κ2) is 3.80. The first-order chi connectivity index (χ1) is 8.25. The lowest BCUT2D eigenvalue weighted by Gasteiger charge is -2.02. The van der Waals surface area contributed by atoms with Crippen LogP contribution in [0.3, 0.4) is 0 Å². The van der Waals surface area contributed by atoms with Crippen molar-refractivity contribution in [2.24, 2.45) is 0 Å². The van der Waals surface area contributed by atoms with Crippen LogP contribution in [-0.2, 0) is 0 Å². The average molecular weight is 232 g/mol. The maximum absolute atomic E-state index is 11.0. The molecule has 2 heterocycles. The zero-order valence-electron chi connectivity index (χ0n) is 9.18. The number of hydrogen-bond donors (Lipinski definition) is 2. The maximum Gasteiger partial charge on any atom is 0.356 e. The third-order valence-electron chi connectivity index (χ3n) is 3.25. The lowest BCUT2D eigenvalue weighted by atomic mass is 10.1. The Morgan fingerprint density at radius 2 is 2.12 bits per heavy atom. The van der Waals surface area contributed by atoms with Gasteiger partial charge in [-0.2, -0.15) is 0 Å². The van der Waals surface area contributed by atoms with E-state index in [1.165, 1.54) is 19.2 Å². The highest BCUT2D eigenvalue weighted by Gasteiger charge is 2.22. The average Bonchev–Trinajstić information content (AvgIpc) is 2.96. The van der Waals surface area contributed by atoms with Gasteiger partial charge >= 0.3 is 5.97 Å². The Morgan fingerprint density at radius 1 is 1.35 bits per heavy atom. The minimum absolute atomic E-state index is 0.00764. The summed E-state index contributed by atoms with van der Waals surface area (Å²) in [6, 6.07) is 0. The Labute approximate surface area is 97.1 Å². The number of carboxylic acids is 1. The summed E-state index contributed by atoms with van der Waals surface area (Å²) in [6.07, 6.45) is 5.87. The molecule has 1 aliphatic rings. The van der Waals surface area contributed by atoms with Crippen LogP contribution in [0.2, 0.25) is 0 Å². The highest BCUT2D eigenvalue weighted by Crippen LogP contribution is 2.33. The molecule has 0 aliphatic heterocycles. The van der Waals surface area contributed by atoms with Gasteiger partial charge in [0.15, 0.2) is 11.3 Å². The molecule has 1 saturated carbocycles. The van der Waals surface area contributed by atoms with E-state index in [9.17, 15) is 4.79 Å². The molecule has 0 aromatic carbocycles. The molecule has 0 bridgehead atoms. The quantitative estimate of drug-likeness (QED) is 0.822. The van der Waals surface area contributed by atoms with Gasteiger partial charge in [0.2, 0.25) is 0 Å². The number of nitrogens with one attached hydrogen (secondary N) is 1. The van der Waals surface area contributed by atoms with Crippen LogP contribution < -0.4 is 0 Å². The standard InChI is InChI=1S/C11H12N4O2/c16-11(17)8-7-10(13-5-12-8)15-9(14-7)6-3-1-2-4-6/h5-6H,1-4H2,(H,16,17)(H,12,13,14,15). The Bertz CT molecular complexity index is 572. The number of carbonyl (C=O) groups is 1. The predicted molar refractivity (Wildman–Crippen MR) is 59.9 cm³/mol. The number of fused-ring (bicyclic) bond motifs is 1. The van der Waals surface area contributed by atoms with Gasteiger partial charge < -0.3 is 10.1 Å². The summed E-state index contributed by atoms with van der Waals surface area (Å²) in [4.78, 5) is 26.2. The van der Waals surface area contributed by atoms with Gasteiger partial charge in [-0.15, -0.1) is 0 Å². The van der Waals surface area contributed by atoms with Crippen molar-refractivity contribution in [2.75, 3.05) is 0 Å². The molecule has 0 unspecified atom stereocenters. The zero-order valence-corrected chi connectivity index (χ0v) is 9.18. The highest BCUT2D eigenvalue weighted by atomic mass is 16.4. The van der Waals surface area contributed by atoms with Crippen molar-refractivity contribution >= 4 is 17.1 Å². The second-order valence-electron chi connectivity index (χ2n) is 4.33. The van der Waals surface area contributed by atoms with E-state index >= 15 is 0 Å². The van der Waals surface area contributed by atoms with Crippen LogP contribution in [0.4, 0.5) is 0 Å². The van der Waals surface area contributed by atoms with Crippen LogP contribution in [0, 0.1) is 0 Å². The van der Waals surface area contributed by atoms with E-state index in [0.29, 0.717) is 17.1 Å². The van der Waals surface area contributed by atoms with E-state index in [0.717, 1.165) is 18.7 Å². The SMILES string of the molecule is O=C(O)c1ncnc2nc(C3CCCC3)[nH]c12. The van der Waals surface area contributed by atoms with E-state index < -0.39 is 5.97 Å². The minimum atomic E-state index is -1.06. The van der Waals surface area contributed by atoms with Gasteiger partial charge in [0.25, 0.3) is 0 Å². The van der Waals surface area contributed by atoms with Crippen molar-refractivity contribution in [3.63, 3.8) is 0 Å². The molecular weight excluding hydrogens is 220 g/mol. The molecule has 6 heteroatoms. The number of imidazole rings is 1. The monoisotopic (exact) mass is 232 g/mol. The molecule has 0 atom stereocenters. The number of aromatic amines is 1. The largest absolute Gasteiger partial charge is 0.476 e. The number of hydrogen-bond acceptors (Lipinski definition) is 4. The Balaban J connectivity index is 2.11. The number of aromatic nitrogens is 4. The van der Waals surface area contributed by atoms with Crippen molar-refractivity contribution < 1.29 is 9.90 Å². The molecule has 17 heavy (non-hydrogen) atoms. The third kappa shape index (κ3) is 1.65. The Hall–Kier alpha value is -1.98. The summed E-state index contributed by atoms with van der Waals surface area (Å²) in [5.41, 5.74) is 0.868. The fraction of sp³-hybridized carbons (Fsp3) is 0.455. The first-order valence-corrected chi connectivity index (χ1v) is 5.69. The molecule has 6 nitrogen and oxygen atoms in total. The molecule has 1 aliphatic carbocycles. The normalized spacial score (nSPS) is 16.7. The van der Waals surface area contributed by atoms with Gasteiger partial charge in [0, 0.05) is 5.92 Å².